The van der Waals surface area contributed by atoms with Crippen LogP contribution in [0.25, 0.3) is 0 Å². The molecule has 0 spiro atoms. The molecule has 1 aliphatic heterocycles. The third-order valence-electron chi connectivity index (χ3n) is 3.61. The monoisotopic (exact) mass is 307 g/mol. The third kappa shape index (κ3) is 4.44. The molecule has 2 N–H and O–H groups in total. The summed E-state index contributed by atoms with van der Waals surface area (Å²) in [6.45, 7) is 4.86. The maximum Gasteiger partial charge on any atom is 0.321 e. The molecule has 0 saturated carbocycles. The van der Waals surface area contributed by atoms with Crippen molar-refractivity contribution in [2.45, 2.75) is 32.7 Å². The topological polar surface area (TPSA) is 61.4 Å². The van der Waals surface area contributed by atoms with Crippen LogP contribution in [0, 0.1) is 11.7 Å². The molecule has 1 heterocycles. The van der Waals surface area contributed by atoms with Gasteiger partial charge in [-0.1, -0.05) is 0 Å². The third-order valence-corrected chi connectivity index (χ3v) is 3.61. The van der Waals surface area contributed by atoms with Crippen LogP contribution in [0.5, 0.6) is 0 Å². The van der Waals surface area contributed by atoms with E-state index in [1.807, 2.05) is 13.8 Å². The van der Waals surface area contributed by atoms with Crippen molar-refractivity contribution in [3.63, 3.8) is 0 Å². The lowest BCUT2D eigenvalue weighted by Gasteiger charge is -2.32. The number of amides is 3. The minimum atomic E-state index is -0.346. The Morgan fingerprint density at radius 1 is 1.27 bits per heavy atom. The van der Waals surface area contributed by atoms with Crippen molar-refractivity contribution in [2.75, 3.05) is 18.4 Å². The summed E-state index contributed by atoms with van der Waals surface area (Å²) in [6.07, 6.45) is 1.59. The Hall–Kier alpha value is -2.11. The van der Waals surface area contributed by atoms with Crippen molar-refractivity contribution >= 4 is 17.6 Å². The number of hydrogen-bond donors (Lipinski definition) is 2. The van der Waals surface area contributed by atoms with Crippen LogP contribution < -0.4 is 10.6 Å². The number of urea groups is 1. The van der Waals surface area contributed by atoms with Crippen LogP contribution >= 0.6 is 0 Å². The second kappa shape index (κ2) is 7.24. The standard InChI is InChI=1S/C16H22FN3O2/c1-11(2)18-15(21)12-4-3-9-20(10-12)16(22)19-14-7-5-13(17)6-8-14/h5-8,11-12H,3-4,9-10H2,1-2H3,(H,18,21)(H,19,22). The van der Waals surface area contributed by atoms with Gasteiger partial charge in [-0.15, -0.1) is 0 Å². The number of likely N-dealkylation sites (tertiary alicyclic amines) is 1. The average molecular weight is 307 g/mol. The SMILES string of the molecule is CC(C)NC(=O)C1CCCN(C(=O)Nc2ccc(F)cc2)C1. The Morgan fingerprint density at radius 2 is 1.95 bits per heavy atom. The lowest BCUT2D eigenvalue weighted by molar-refractivity contribution is -0.126. The van der Waals surface area contributed by atoms with Crippen LogP contribution in [0.2, 0.25) is 0 Å². The number of carbonyl (C=O) groups excluding carboxylic acids is 2. The number of carbonyl (C=O) groups is 2. The number of hydrogen-bond acceptors (Lipinski definition) is 2. The molecule has 1 fully saturated rings. The highest BCUT2D eigenvalue weighted by Crippen LogP contribution is 2.18. The summed E-state index contributed by atoms with van der Waals surface area (Å²) in [4.78, 5) is 25.9. The van der Waals surface area contributed by atoms with E-state index in [4.69, 9.17) is 0 Å². The number of rotatable bonds is 3. The molecule has 0 aliphatic carbocycles. The van der Waals surface area contributed by atoms with Crippen LogP contribution in [-0.4, -0.2) is 36.0 Å². The molecule has 2 rings (SSSR count). The van der Waals surface area contributed by atoms with E-state index >= 15 is 0 Å². The molecule has 1 aromatic carbocycles. The minimum absolute atomic E-state index is 0.00529. The molecule has 3 amide bonds. The van der Waals surface area contributed by atoms with Crippen molar-refractivity contribution in [1.29, 1.82) is 0 Å². The van der Waals surface area contributed by atoms with Crippen molar-refractivity contribution in [2.24, 2.45) is 5.92 Å². The average Bonchev–Trinajstić information content (AvgIpc) is 2.49. The Morgan fingerprint density at radius 3 is 2.59 bits per heavy atom. The van der Waals surface area contributed by atoms with E-state index in [0.717, 1.165) is 12.8 Å². The molecular weight excluding hydrogens is 285 g/mol. The fourth-order valence-corrected chi connectivity index (χ4v) is 2.51. The van der Waals surface area contributed by atoms with Gasteiger partial charge in [-0.25, -0.2) is 9.18 Å². The number of benzene rings is 1. The molecule has 1 aromatic rings. The fourth-order valence-electron chi connectivity index (χ4n) is 2.51. The van der Waals surface area contributed by atoms with Crippen LogP contribution in [0.3, 0.4) is 0 Å². The van der Waals surface area contributed by atoms with Crippen molar-refractivity contribution < 1.29 is 14.0 Å². The molecular formula is C16H22FN3O2. The Kier molecular flexibility index (Phi) is 5.35. The van der Waals surface area contributed by atoms with E-state index in [-0.39, 0.29) is 29.7 Å². The summed E-state index contributed by atoms with van der Waals surface area (Å²) in [5, 5.41) is 5.62. The zero-order valence-electron chi connectivity index (χ0n) is 12.9. The maximum atomic E-state index is 12.9. The lowest BCUT2D eigenvalue weighted by atomic mass is 9.97. The van der Waals surface area contributed by atoms with Crippen LogP contribution in [0.4, 0.5) is 14.9 Å². The Labute approximate surface area is 129 Å². The molecule has 22 heavy (non-hydrogen) atoms. The number of anilines is 1. The summed E-state index contributed by atoms with van der Waals surface area (Å²) in [6, 6.07) is 5.46. The molecule has 5 nitrogen and oxygen atoms in total. The molecule has 120 valence electrons. The lowest BCUT2D eigenvalue weighted by Crippen LogP contribution is -2.47. The van der Waals surface area contributed by atoms with Crippen LogP contribution in [0.1, 0.15) is 26.7 Å². The quantitative estimate of drug-likeness (QED) is 0.901. The highest BCUT2D eigenvalue weighted by Gasteiger charge is 2.28. The van der Waals surface area contributed by atoms with Gasteiger partial charge in [0.05, 0.1) is 5.92 Å². The summed E-state index contributed by atoms with van der Waals surface area (Å²) in [5.74, 6) is -0.522. The fraction of sp³-hybridized carbons (Fsp3) is 0.500. The highest BCUT2D eigenvalue weighted by molar-refractivity contribution is 5.90. The first-order chi connectivity index (χ1) is 10.5. The van der Waals surface area contributed by atoms with Gasteiger partial charge in [0, 0.05) is 24.8 Å². The minimum Gasteiger partial charge on any atom is -0.354 e. The summed E-state index contributed by atoms with van der Waals surface area (Å²) in [5.41, 5.74) is 0.542. The molecule has 1 unspecified atom stereocenters. The molecule has 1 saturated heterocycles. The second-order valence-electron chi connectivity index (χ2n) is 5.89. The summed E-state index contributed by atoms with van der Waals surface area (Å²) < 4.78 is 12.9. The molecule has 0 bridgehead atoms. The van der Waals surface area contributed by atoms with Gasteiger partial charge < -0.3 is 15.5 Å². The largest absolute Gasteiger partial charge is 0.354 e. The zero-order valence-corrected chi connectivity index (χ0v) is 12.9. The molecule has 0 radical (unpaired) electrons. The zero-order chi connectivity index (χ0) is 16.1. The predicted octanol–water partition coefficient (Wildman–Crippen LogP) is 2.59. The van der Waals surface area contributed by atoms with Crippen molar-refractivity contribution in [1.82, 2.24) is 10.2 Å². The predicted molar refractivity (Wildman–Crippen MR) is 83.0 cm³/mol. The van der Waals surface area contributed by atoms with Gasteiger partial charge in [0.2, 0.25) is 5.91 Å². The van der Waals surface area contributed by atoms with E-state index < -0.39 is 0 Å². The molecule has 6 heteroatoms. The van der Waals surface area contributed by atoms with Crippen molar-refractivity contribution in [3.05, 3.63) is 30.1 Å². The van der Waals surface area contributed by atoms with Gasteiger partial charge in [-0.05, 0) is 51.0 Å². The van der Waals surface area contributed by atoms with E-state index in [2.05, 4.69) is 10.6 Å². The van der Waals surface area contributed by atoms with Crippen LogP contribution in [-0.2, 0) is 4.79 Å². The first-order valence-electron chi connectivity index (χ1n) is 7.57. The molecule has 0 aromatic heterocycles. The van der Waals surface area contributed by atoms with E-state index in [1.54, 1.807) is 4.90 Å². The van der Waals surface area contributed by atoms with Crippen LogP contribution in [0.15, 0.2) is 24.3 Å². The maximum absolute atomic E-state index is 12.9. The van der Waals surface area contributed by atoms with Gasteiger partial charge in [-0.3, -0.25) is 4.79 Å². The van der Waals surface area contributed by atoms with Gasteiger partial charge in [0.1, 0.15) is 5.82 Å². The number of nitrogens with one attached hydrogen (secondary N) is 2. The Bertz CT molecular complexity index is 531. The van der Waals surface area contributed by atoms with Gasteiger partial charge in [0.15, 0.2) is 0 Å². The van der Waals surface area contributed by atoms with E-state index in [0.29, 0.717) is 18.8 Å². The smallest absolute Gasteiger partial charge is 0.321 e. The first kappa shape index (κ1) is 16.3. The van der Waals surface area contributed by atoms with Gasteiger partial charge in [-0.2, -0.15) is 0 Å². The number of halogens is 1. The Balaban J connectivity index is 1.92. The van der Waals surface area contributed by atoms with E-state index in [1.165, 1.54) is 24.3 Å². The second-order valence-corrected chi connectivity index (χ2v) is 5.89. The highest BCUT2D eigenvalue weighted by atomic mass is 19.1. The number of nitrogens with zero attached hydrogens (tertiary/aromatic N) is 1. The van der Waals surface area contributed by atoms with E-state index in [9.17, 15) is 14.0 Å². The summed E-state index contributed by atoms with van der Waals surface area (Å²) in [7, 11) is 0. The van der Waals surface area contributed by atoms with Crippen molar-refractivity contribution in [3.8, 4) is 0 Å². The van der Waals surface area contributed by atoms with Gasteiger partial charge in [0.25, 0.3) is 0 Å². The number of piperidine rings is 1. The normalized spacial score (nSPS) is 18.2. The first-order valence-corrected chi connectivity index (χ1v) is 7.57. The molecule has 1 aliphatic rings. The molecule has 1 atom stereocenters. The summed E-state index contributed by atoms with van der Waals surface area (Å²) >= 11 is 0. The van der Waals surface area contributed by atoms with Gasteiger partial charge >= 0.3 is 6.03 Å².